The van der Waals surface area contributed by atoms with Crippen molar-refractivity contribution in [1.82, 2.24) is 5.32 Å². The van der Waals surface area contributed by atoms with Gasteiger partial charge in [0, 0.05) is 0 Å². The summed E-state index contributed by atoms with van der Waals surface area (Å²) in [6.45, 7) is 6.66. The average molecular weight is 828 g/mol. The minimum Gasteiger partial charge on any atom is -0.444 e. The molecule has 322 valence electrons. The van der Waals surface area contributed by atoms with Gasteiger partial charge in [-0.3, -0.25) is 0 Å². The van der Waals surface area contributed by atoms with Crippen molar-refractivity contribution in [3.63, 3.8) is 0 Å². The molecule has 7 atom stereocenters. The highest BCUT2D eigenvalue weighted by molar-refractivity contribution is 5.68. The molecule has 1 saturated heterocycles. The van der Waals surface area contributed by atoms with Crippen LogP contribution in [0.2, 0.25) is 0 Å². The van der Waals surface area contributed by atoms with E-state index in [4.69, 9.17) is 28.4 Å². The number of alkyl carbamates (subject to hydrolysis) is 1. The summed E-state index contributed by atoms with van der Waals surface area (Å²) in [5, 5.41) is 15.6. The molecule has 5 aromatic carbocycles. The van der Waals surface area contributed by atoms with E-state index in [9.17, 15) is 9.90 Å². The molecular formula is C52H61NO8. The van der Waals surface area contributed by atoms with Gasteiger partial charge in [-0.05, 0) is 67.9 Å². The summed E-state index contributed by atoms with van der Waals surface area (Å²) in [7, 11) is 0. The number of aryl methyl sites for hydroxylation is 1. The number of allylic oxidation sites excluding steroid dienone is 1. The van der Waals surface area contributed by atoms with Crippen molar-refractivity contribution in [3.8, 4) is 0 Å². The molecule has 1 heterocycles. The van der Waals surface area contributed by atoms with Gasteiger partial charge >= 0.3 is 6.09 Å². The van der Waals surface area contributed by atoms with Crippen LogP contribution in [0.15, 0.2) is 164 Å². The fourth-order valence-corrected chi connectivity index (χ4v) is 7.33. The highest BCUT2D eigenvalue weighted by Crippen LogP contribution is 2.34. The molecule has 1 amide bonds. The number of amides is 1. The number of benzene rings is 5. The number of aliphatic hydroxyl groups excluding tert-OH is 1. The van der Waals surface area contributed by atoms with Crippen LogP contribution < -0.4 is 5.32 Å². The van der Waals surface area contributed by atoms with Crippen molar-refractivity contribution in [2.75, 3.05) is 6.61 Å². The lowest BCUT2D eigenvalue weighted by Crippen LogP contribution is -2.66. The second-order valence-electron chi connectivity index (χ2n) is 16.4. The van der Waals surface area contributed by atoms with Crippen molar-refractivity contribution >= 4 is 6.09 Å². The van der Waals surface area contributed by atoms with Gasteiger partial charge in [-0.2, -0.15) is 0 Å². The van der Waals surface area contributed by atoms with Crippen LogP contribution in [0.3, 0.4) is 0 Å². The molecule has 0 saturated carbocycles. The van der Waals surface area contributed by atoms with E-state index < -0.39 is 54.4 Å². The van der Waals surface area contributed by atoms with E-state index in [-0.39, 0.29) is 26.4 Å². The Balaban J connectivity index is 1.34. The van der Waals surface area contributed by atoms with Crippen LogP contribution in [0.4, 0.5) is 4.79 Å². The smallest absolute Gasteiger partial charge is 0.407 e. The van der Waals surface area contributed by atoms with E-state index in [1.807, 2.05) is 166 Å². The molecule has 1 aliphatic rings. The highest BCUT2D eigenvalue weighted by atomic mass is 16.6. The fourth-order valence-electron chi connectivity index (χ4n) is 7.33. The number of carbonyl (C=O) groups excluding carboxylic acids is 1. The first kappa shape index (κ1) is 45.4. The Morgan fingerprint density at radius 2 is 1.07 bits per heavy atom. The topological polar surface area (TPSA) is 105 Å². The van der Waals surface area contributed by atoms with E-state index in [0.29, 0.717) is 13.0 Å². The third kappa shape index (κ3) is 15.1. The number of hydrogen-bond donors (Lipinski definition) is 2. The van der Waals surface area contributed by atoms with Crippen LogP contribution in [0.25, 0.3) is 0 Å². The molecule has 61 heavy (non-hydrogen) atoms. The first-order valence-electron chi connectivity index (χ1n) is 21.3. The number of aliphatic hydroxyl groups is 1. The second kappa shape index (κ2) is 23.8. The summed E-state index contributed by atoms with van der Waals surface area (Å²) >= 11 is 0. The number of hydrogen-bond acceptors (Lipinski definition) is 8. The van der Waals surface area contributed by atoms with Crippen LogP contribution in [0.1, 0.15) is 61.4 Å². The summed E-state index contributed by atoms with van der Waals surface area (Å²) in [4.78, 5) is 13.5. The predicted octanol–water partition coefficient (Wildman–Crippen LogP) is 9.56. The molecule has 6 rings (SSSR count). The van der Waals surface area contributed by atoms with Crippen LogP contribution in [-0.2, 0) is 61.3 Å². The minimum atomic E-state index is -1.28. The maximum Gasteiger partial charge on any atom is 0.407 e. The Bertz CT molecular complexity index is 1990. The minimum absolute atomic E-state index is 0.137. The molecule has 9 nitrogen and oxygen atoms in total. The largest absolute Gasteiger partial charge is 0.444 e. The number of nitrogens with one attached hydrogen (secondary N) is 1. The van der Waals surface area contributed by atoms with Gasteiger partial charge in [-0.25, -0.2) is 4.79 Å². The highest BCUT2D eigenvalue weighted by Gasteiger charge is 2.52. The van der Waals surface area contributed by atoms with E-state index in [2.05, 4.69) is 23.5 Å². The van der Waals surface area contributed by atoms with Gasteiger partial charge in [0.05, 0.1) is 39.1 Å². The monoisotopic (exact) mass is 827 g/mol. The summed E-state index contributed by atoms with van der Waals surface area (Å²) < 4.78 is 39.6. The van der Waals surface area contributed by atoms with Crippen molar-refractivity contribution < 1.29 is 38.3 Å². The van der Waals surface area contributed by atoms with E-state index in [1.165, 1.54) is 5.56 Å². The van der Waals surface area contributed by atoms with Crippen LogP contribution in [0.5, 0.6) is 0 Å². The average Bonchev–Trinajstić information content (AvgIpc) is 3.27. The van der Waals surface area contributed by atoms with Gasteiger partial charge in [0.2, 0.25) is 0 Å². The Morgan fingerprint density at radius 1 is 0.623 bits per heavy atom. The first-order chi connectivity index (χ1) is 29.7. The van der Waals surface area contributed by atoms with E-state index in [0.717, 1.165) is 35.1 Å². The Hall–Kier alpha value is -5.13. The Kier molecular flexibility index (Phi) is 17.7. The normalized spacial score (nSPS) is 20.2. The molecule has 2 N–H and O–H groups in total. The molecule has 9 heteroatoms. The lowest BCUT2D eigenvalue weighted by molar-refractivity contribution is -0.288. The predicted molar refractivity (Wildman–Crippen MR) is 238 cm³/mol. The van der Waals surface area contributed by atoms with Crippen molar-refractivity contribution in [1.29, 1.82) is 0 Å². The third-order valence-electron chi connectivity index (χ3n) is 10.4. The number of rotatable bonds is 21. The maximum absolute atomic E-state index is 13.5. The maximum atomic E-state index is 13.5. The van der Waals surface area contributed by atoms with E-state index >= 15 is 0 Å². The number of ether oxygens (including phenoxy) is 6. The Morgan fingerprint density at radius 3 is 1.56 bits per heavy atom. The van der Waals surface area contributed by atoms with Gasteiger partial charge in [0.15, 0.2) is 0 Å². The molecule has 1 fully saturated rings. The molecule has 0 aliphatic carbocycles. The zero-order valence-electron chi connectivity index (χ0n) is 35.6. The van der Waals surface area contributed by atoms with E-state index in [1.54, 1.807) is 0 Å². The molecule has 5 aromatic rings. The van der Waals surface area contributed by atoms with Crippen LogP contribution in [-0.4, -0.2) is 66.1 Å². The number of carbonyl (C=O) groups is 1. The standard InChI is InChI=1S/C52H61NO8/c1-52(2,3)61-51(55)53-44(33-21-9-12-24-39-22-10-4-11-23-39)46(54)48-50(59-37-43-31-19-8-20-32-43)49(58-36-42-29-17-7-18-30-42)47(57-35-41-27-15-6-16-28-41)45(60-48)38-56-34-40-25-13-5-14-26-40/h4-11,13-23,25-32,44-50,54H,12,24,33-38H2,1-3H3,(H,53,55)/t44-,45+,46?,47-,48-,49-,50-/m0/s1. The van der Waals surface area contributed by atoms with Crippen LogP contribution >= 0.6 is 0 Å². The third-order valence-corrected chi connectivity index (χ3v) is 10.4. The molecule has 0 aromatic heterocycles. The first-order valence-corrected chi connectivity index (χ1v) is 21.3. The molecule has 1 aliphatic heterocycles. The van der Waals surface area contributed by atoms with Gasteiger partial charge in [0.1, 0.15) is 42.2 Å². The van der Waals surface area contributed by atoms with Crippen molar-refractivity contribution in [3.05, 3.63) is 192 Å². The molecular weight excluding hydrogens is 767 g/mol. The quantitative estimate of drug-likeness (QED) is 0.0706. The Labute approximate surface area is 361 Å². The fraction of sp³-hybridized carbons (Fsp3) is 0.365. The summed E-state index contributed by atoms with van der Waals surface area (Å²) in [5.41, 5.74) is 4.38. The van der Waals surface area contributed by atoms with Gasteiger partial charge in [0.25, 0.3) is 0 Å². The molecule has 0 spiro atoms. The lowest BCUT2D eigenvalue weighted by atomic mass is 9.88. The molecule has 0 radical (unpaired) electrons. The lowest BCUT2D eigenvalue weighted by Gasteiger charge is -2.48. The van der Waals surface area contributed by atoms with Gasteiger partial charge in [-0.1, -0.05) is 164 Å². The summed E-state index contributed by atoms with van der Waals surface area (Å²) in [6.07, 6.45) is 0.136. The summed E-state index contributed by atoms with van der Waals surface area (Å²) in [5.74, 6) is 0. The van der Waals surface area contributed by atoms with Gasteiger partial charge in [-0.15, -0.1) is 0 Å². The second-order valence-corrected chi connectivity index (χ2v) is 16.4. The zero-order valence-corrected chi connectivity index (χ0v) is 35.6. The van der Waals surface area contributed by atoms with Crippen molar-refractivity contribution in [2.24, 2.45) is 0 Å². The zero-order chi connectivity index (χ0) is 42.7. The summed E-state index contributed by atoms with van der Waals surface area (Å²) in [6, 6.07) is 49.2. The van der Waals surface area contributed by atoms with Crippen LogP contribution in [0, 0.1) is 0 Å². The van der Waals surface area contributed by atoms with Crippen molar-refractivity contribution in [2.45, 2.75) is 115 Å². The molecule has 1 unspecified atom stereocenters. The van der Waals surface area contributed by atoms with Gasteiger partial charge < -0.3 is 38.8 Å². The SMILES string of the molecule is CC(C)(C)OC(=O)N[C@@H](CC=CCCc1ccccc1)C(O)[C@@H]1O[C@H](COCc2ccccc2)[C@H](OCc2ccccc2)[C@H](OCc2ccccc2)[C@H]1OCc1ccccc1. The molecule has 0 bridgehead atoms.